The average molecular weight is 649 g/mol. The third-order valence-corrected chi connectivity index (χ3v) is 8.79. The van der Waals surface area contributed by atoms with Gasteiger partial charge in [-0.1, -0.05) is 12.1 Å². The van der Waals surface area contributed by atoms with E-state index in [0.717, 1.165) is 93.5 Å². The van der Waals surface area contributed by atoms with Gasteiger partial charge in [-0.3, -0.25) is 9.80 Å². The van der Waals surface area contributed by atoms with Crippen molar-refractivity contribution >= 4 is 0 Å². The first-order valence-corrected chi connectivity index (χ1v) is 16.7. The average Bonchev–Trinajstić information content (AvgIpc) is 3.05. The number of benzene rings is 3. The van der Waals surface area contributed by atoms with Crippen molar-refractivity contribution in [3.8, 4) is 39.5 Å². The first kappa shape index (κ1) is 35.1. The van der Waals surface area contributed by atoms with Crippen LogP contribution in [0.2, 0.25) is 0 Å². The molecule has 0 unspecified atom stereocenters. The summed E-state index contributed by atoms with van der Waals surface area (Å²) in [6.07, 6.45) is 0. The molecule has 256 valence electrons. The van der Waals surface area contributed by atoms with Gasteiger partial charge in [0.25, 0.3) is 0 Å². The van der Waals surface area contributed by atoms with Gasteiger partial charge in [-0.15, -0.1) is 0 Å². The zero-order valence-electron chi connectivity index (χ0n) is 29.1. The lowest BCUT2D eigenvalue weighted by atomic mass is 9.90. The van der Waals surface area contributed by atoms with E-state index in [1.807, 2.05) is 0 Å². The van der Waals surface area contributed by atoms with Gasteiger partial charge >= 0.3 is 0 Å². The first-order chi connectivity index (χ1) is 22.9. The molecule has 3 aromatic rings. The molecule has 8 bridgehead atoms. The van der Waals surface area contributed by atoms with Crippen molar-refractivity contribution in [2.45, 2.75) is 33.9 Å². The zero-order valence-corrected chi connectivity index (χ0v) is 29.1. The lowest BCUT2D eigenvalue weighted by Crippen LogP contribution is -2.33. The Labute approximate surface area is 280 Å². The van der Waals surface area contributed by atoms with Crippen LogP contribution in [0.5, 0.6) is 17.2 Å². The van der Waals surface area contributed by atoms with Crippen LogP contribution in [-0.2, 0) is 32.0 Å². The lowest BCUT2D eigenvalue weighted by Gasteiger charge is -2.25. The van der Waals surface area contributed by atoms with E-state index in [0.29, 0.717) is 65.9 Å². The number of aryl methyl sites for hydroxylation is 3. The van der Waals surface area contributed by atoms with Crippen molar-refractivity contribution < 1.29 is 33.2 Å². The van der Waals surface area contributed by atoms with Crippen LogP contribution >= 0.6 is 0 Å². The molecule has 0 saturated carbocycles. The summed E-state index contributed by atoms with van der Waals surface area (Å²) in [5, 5.41) is 0. The molecule has 3 aliphatic heterocycles. The molecule has 9 heteroatoms. The maximum atomic E-state index is 6.29. The van der Waals surface area contributed by atoms with Gasteiger partial charge in [0.05, 0.1) is 74.2 Å². The Balaban J connectivity index is 1.73. The fraction of sp³-hybridized carbons (Fsp3) is 0.526. The second-order valence-electron chi connectivity index (χ2n) is 12.4. The standard InChI is InChI=1S/C38H52N2O7/c1-27-19-30-25-39-7-11-44-15-17-46-13-9-40(10-14-47-18-16-45-12-8-39)26-31-20-28(2)22-33(37(31)42-5)35-24-29(3)23-34(38(35)43-6)32(21-27)36(30)41-4/h19-24H,7-18,25-26H2,1-6H3. The predicted molar refractivity (Wildman–Crippen MR) is 185 cm³/mol. The van der Waals surface area contributed by atoms with E-state index in [1.165, 1.54) is 0 Å². The highest BCUT2D eigenvalue weighted by atomic mass is 16.5. The first-order valence-electron chi connectivity index (χ1n) is 16.7. The number of hydrogen-bond acceptors (Lipinski definition) is 9. The summed E-state index contributed by atoms with van der Waals surface area (Å²) < 4.78 is 42.8. The molecular formula is C38H52N2O7. The molecule has 0 amide bonds. The molecule has 0 N–H and O–H groups in total. The monoisotopic (exact) mass is 648 g/mol. The summed E-state index contributed by atoms with van der Waals surface area (Å²) in [4.78, 5) is 4.73. The van der Waals surface area contributed by atoms with Gasteiger partial charge in [0.1, 0.15) is 17.2 Å². The zero-order chi connectivity index (χ0) is 33.2. The van der Waals surface area contributed by atoms with Crippen LogP contribution in [0.3, 0.4) is 0 Å². The van der Waals surface area contributed by atoms with Crippen molar-refractivity contribution in [2.75, 3.05) is 100 Å². The predicted octanol–water partition coefficient (Wildman–Crippen LogP) is 5.67. The van der Waals surface area contributed by atoms with Crippen molar-refractivity contribution in [1.82, 2.24) is 9.80 Å². The van der Waals surface area contributed by atoms with Crippen LogP contribution in [0, 0.1) is 20.8 Å². The fourth-order valence-corrected chi connectivity index (χ4v) is 6.65. The van der Waals surface area contributed by atoms with Gasteiger partial charge in [-0.25, -0.2) is 0 Å². The minimum Gasteiger partial charge on any atom is -0.496 e. The minimum atomic E-state index is 0.551. The van der Waals surface area contributed by atoms with E-state index in [1.54, 1.807) is 21.3 Å². The molecule has 0 aromatic heterocycles. The molecule has 3 heterocycles. The minimum absolute atomic E-state index is 0.551. The number of nitrogens with zero attached hydrogens (tertiary/aromatic N) is 2. The van der Waals surface area contributed by atoms with E-state index in [9.17, 15) is 0 Å². The van der Waals surface area contributed by atoms with Crippen LogP contribution < -0.4 is 14.2 Å². The third-order valence-electron chi connectivity index (χ3n) is 8.79. The lowest BCUT2D eigenvalue weighted by molar-refractivity contribution is 0.00611. The van der Waals surface area contributed by atoms with Crippen LogP contribution in [-0.4, -0.2) is 110 Å². The molecule has 47 heavy (non-hydrogen) atoms. The van der Waals surface area contributed by atoms with E-state index >= 15 is 0 Å². The van der Waals surface area contributed by atoms with Crippen LogP contribution in [0.25, 0.3) is 22.3 Å². The Hall–Kier alpha value is -3.18. The maximum Gasteiger partial charge on any atom is 0.134 e. The number of ether oxygens (including phenoxy) is 7. The van der Waals surface area contributed by atoms with E-state index in [4.69, 9.17) is 33.2 Å². The number of hydrogen-bond donors (Lipinski definition) is 0. The quantitative estimate of drug-likeness (QED) is 0.358. The van der Waals surface area contributed by atoms with Gasteiger partial charge in [-0.2, -0.15) is 0 Å². The molecule has 1 fully saturated rings. The molecular weight excluding hydrogens is 596 g/mol. The molecule has 0 aliphatic carbocycles. The van der Waals surface area contributed by atoms with Crippen molar-refractivity contribution in [3.63, 3.8) is 0 Å². The number of rotatable bonds is 3. The van der Waals surface area contributed by atoms with Crippen molar-refractivity contribution in [3.05, 3.63) is 64.2 Å². The maximum absolute atomic E-state index is 6.29. The Morgan fingerprint density at radius 1 is 0.426 bits per heavy atom. The van der Waals surface area contributed by atoms with Crippen molar-refractivity contribution in [2.24, 2.45) is 0 Å². The second-order valence-corrected chi connectivity index (χ2v) is 12.4. The third kappa shape index (κ3) is 9.04. The molecule has 3 aliphatic rings. The summed E-state index contributed by atoms with van der Waals surface area (Å²) in [6, 6.07) is 13.2. The summed E-state index contributed by atoms with van der Waals surface area (Å²) in [6.45, 7) is 15.4. The smallest absolute Gasteiger partial charge is 0.134 e. The molecule has 9 nitrogen and oxygen atoms in total. The Morgan fingerprint density at radius 3 is 1.04 bits per heavy atom. The van der Waals surface area contributed by atoms with Gasteiger partial charge in [0.2, 0.25) is 0 Å². The molecule has 1 saturated heterocycles. The van der Waals surface area contributed by atoms with E-state index < -0.39 is 0 Å². The number of methoxy groups -OCH3 is 3. The second kappa shape index (κ2) is 17.3. The molecule has 6 rings (SSSR count). The van der Waals surface area contributed by atoms with Gasteiger partial charge in [-0.05, 0) is 61.7 Å². The fourth-order valence-electron chi connectivity index (χ4n) is 6.65. The van der Waals surface area contributed by atoms with E-state index in [-0.39, 0.29) is 0 Å². The molecule has 3 aromatic carbocycles. The molecule has 0 radical (unpaired) electrons. The van der Waals surface area contributed by atoms with Crippen LogP contribution in [0.15, 0.2) is 36.4 Å². The summed E-state index contributed by atoms with van der Waals surface area (Å²) in [5.74, 6) is 2.46. The van der Waals surface area contributed by atoms with Gasteiger partial charge in [0, 0.05) is 72.6 Å². The number of fused-ring (bicyclic) bond motifs is 14. The van der Waals surface area contributed by atoms with Crippen LogP contribution in [0.1, 0.15) is 27.8 Å². The van der Waals surface area contributed by atoms with Crippen molar-refractivity contribution in [1.29, 1.82) is 0 Å². The summed E-state index contributed by atoms with van der Waals surface area (Å²) in [5.41, 5.74) is 9.60. The van der Waals surface area contributed by atoms with Gasteiger partial charge < -0.3 is 33.2 Å². The summed E-state index contributed by atoms with van der Waals surface area (Å²) in [7, 11) is 5.25. The Kier molecular flexibility index (Phi) is 12.9. The molecule has 0 atom stereocenters. The normalized spacial score (nSPS) is 20.3. The van der Waals surface area contributed by atoms with Crippen LogP contribution in [0.4, 0.5) is 0 Å². The highest BCUT2D eigenvalue weighted by molar-refractivity contribution is 5.88. The highest BCUT2D eigenvalue weighted by Crippen LogP contribution is 2.47. The Bertz CT molecular complexity index is 1350. The SMILES string of the molecule is COc1c2cc(C)cc1-c1cc(C)cc(c1OC)-c1cc(C)cc(c1OC)CN1CCOCCOCCN(CCOCCOCC1)C2. The Morgan fingerprint density at radius 2 is 0.723 bits per heavy atom. The topological polar surface area (TPSA) is 71.1 Å². The molecule has 0 spiro atoms. The highest BCUT2D eigenvalue weighted by Gasteiger charge is 2.24. The summed E-state index contributed by atoms with van der Waals surface area (Å²) >= 11 is 0. The van der Waals surface area contributed by atoms with E-state index in [2.05, 4.69) is 67.0 Å². The largest absolute Gasteiger partial charge is 0.496 e. The van der Waals surface area contributed by atoms with Gasteiger partial charge in [0.15, 0.2) is 0 Å².